The van der Waals surface area contributed by atoms with E-state index in [9.17, 15) is 8.78 Å². The third kappa shape index (κ3) is 3.77. The van der Waals surface area contributed by atoms with Gasteiger partial charge in [0.05, 0.1) is 5.02 Å². The lowest BCUT2D eigenvalue weighted by Gasteiger charge is -2.20. The minimum atomic E-state index is -0.617. The maximum atomic E-state index is 14.1. The Morgan fingerprint density at radius 3 is 2.71 bits per heavy atom. The Hall–Kier alpha value is -1.52. The van der Waals surface area contributed by atoms with Crippen LogP contribution in [-0.4, -0.2) is 11.5 Å². The second-order valence-electron chi connectivity index (χ2n) is 4.87. The van der Waals surface area contributed by atoms with E-state index in [1.807, 2.05) is 26.0 Å². The van der Waals surface area contributed by atoms with Crippen LogP contribution in [0.1, 0.15) is 29.8 Å². The Bertz CT molecular complexity index is 632. The molecule has 0 saturated heterocycles. The quantitative estimate of drug-likeness (QED) is 0.837. The smallest absolute Gasteiger partial charge is 0.142 e. The molecule has 0 aliphatic heterocycles. The zero-order valence-corrected chi connectivity index (χ0v) is 12.7. The summed E-state index contributed by atoms with van der Waals surface area (Å²) in [4.78, 5) is 4.31. The van der Waals surface area contributed by atoms with Crippen LogP contribution in [0.3, 0.4) is 0 Å². The van der Waals surface area contributed by atoms with E-state index in [2.05, 4.69) is 10.3 Å². The van der Waals surface area contributed by atoms with E-state index in [1.54, 1.807) is 6.20 Å². The first-order chi connectivity index (χ1) is 10.0. The van der Waals surface area contributed by atoms with Gasteiger partial charge >= 0.3 is 0 Å². The molecule has 2 rings (SSSR count). The maximum absolute atomic E-state index is 14.1. The van der Waals surface area contributed by atoms with E-state index in [0.717, 1.165) is 23.4 Å². The SMILES string of the molecule is CCNC(Cc1ncccc1C)c1cc(F)c(Cl)cc1F. The lowest BCUT2D eigenvalue weighted by molar-refractivity contribution is 0.498. The Labute approximate surface area is 128 Å². The van der Waals surface area contributed by atoms with Crippen molar-refractivity contribution in [3.63, 3.8) is 0 Å². The highest BCUT2D eigenvalue weighted by Crippen LogP contribution is 2.26. The molecule has 2 nitrogen and oxygen atoms in total. The van der Waals surface area contributed by atoms with Crippen LogP contribution in [0.5, 0.6) is 0 Å². The molecule has 1 aromatic heterocycles. The number of aromatic nitrogens is 1. The molecule has 21 heavy (non-hydrogen) atoms. The fraction of sp³-hybridized carbons (Fsp3) is 0.312. The molecule has 1 atom stereocenters. The van der Waals surface area contributed by atoms with Crippen LogP contribution in [0.15, 0.2) is 30.5 Å². The largest absolute Gasteiger partial charge is 0.310 e. The average Bonchev–Trinajstić information content (AvgIpc) is 2.45. The predicted octanol–water partition coefficient (Wildman–Crippen LogP) is 4.21. The molecular formula is C16H17ClF2N2. The van der Waals surface area contributed by atoms with Crippen molar-refractivity contribution in [3.8, 4) is 0 Å². The second-order valence-corrected chi connectivity index (χ2v) is 5.28. The molecule has 0 radical (unpaired) electrons. The van der Waals surface area contributed by atoms with Crippen LogP contribution in [-0.2, 0) is 6.42 Å². The van der Waals surface area contributed by atoms with Crippen molar-refractivity contribution < 1.29 is 8.78 Å². The number of halogens is 3. The summed E-state index contributed by atoms with van der Waals surface area (Å²) in [6, 6.07) is 5.62. The number of likely N-dealkylation sites (N-methyl/N-ethyl adjacent to an activating group) is 1. The van der Waals surface area contributed by atoms with Gasteiger partial charge in [0.1, 0.15) is 11.6 Å². The van der Waals surface area contributed by atoms with Crippen LogP contribution >= 0.6 is 11.6 Å². The monoisotopic (exact) mass is 310 g/mol. The summed E-state index contributed by atoms with van der Waals surface area (Å²) in [5.41, 5.74) is 2.15. The molecule has 5 heteroatoms. The topological polar surface area (TPSA) is 24.9 Å². The van der Waals surface area contributed by atoms with Crippen molar-refractivity contribution in [2.75, 3.05) is 6.54 Å². The molecule has 0 saturated carbocycles. The Morgan fingerprint density at radius 1 is 1.29 bits per heavy atom. The van der Waals surface area contributed by atoms with Crippen molar-refractivity contribution in [2.24, 2.45) is 0 Å². The molecule has 0 aliphatic carbocycles. The summed E-state index contributed by atoms with van der Waals surface area (Å²) in [6.45, 7) is 4.51. The van der Waals surface area contributed by atoms with E-state index >= 15 is 0 Å². The summed E-state index contributed by atoms with van der Waals surface area (Å²) >= 11 is 5.61. The van der Waals surface area contributed by atoms with Gasteiger partial charge in [-0.1, -0.05) is 24.6 Å². The number of rotatable bonds is 5. The number of hydrogen-bond donors (Lipinski definition) is 1. The first kappa shape index (κ1) is 15.9. The zero-order chi connectivity index (χ0) is 15.4. The lowest BCUT2D eigenvalue weighted by Crippen LogP contribution is -2.25. The maximum Gasteiger partial charge on any atom is 0.142 e. The molecule has 0 amide bonds. The zero-order valence-electron chi connectivity index (χ0n) is 12.0. The van der Waals surface area contributed by atoms with Gasteiger partial charge in [-0.15, -0.1) is 0 Å². The first-order valence-electron chi connectivity index (χ1n) is 6.81. The Kier molecular flexibility index (Phi) is 5.26. The van der Waals surface area contributed by atoms with E-state index in [-0.39, 0.29) is 16.6 Å². The number of benzene rings is 1. The number of nitrogens with zero attached hydrogens (tertiary/aromatic N) is 1. The molecule has 0 bridgehead atoms. The average molecular weight is 311 g/mol. The highest BCUT2D eigenvalue weighted by molar-refractivity contribution is 6.30. The number of nitrogens with one attached hydrogen (secondary N) is 1. The highest BCUT2D eigenvalue weighted by atomic mass is 35.5. The van der Waals surface area contributed by atoms with Gasteiger partial charge in [-0.05, 0) is 37.2 Å². The van der Waals surface area contributed by atoms with Gasteiger partial charge in [-0.3, -0.25) is 4.98 Å². The Morgan fingerprint density at radius 2 is 2.05 bits per heavy atom. The second kappa shape index (κ2) is 6.96. The molecular weight excluding hydrogens is 294 g/mol. The predicted molar refractivity (Wildman–Crippen MR) is 80.5 cm³/mol. The molecule has 112 valence electrons. The van der Waals surface area contributed by atoms with E-state index in [0.29, 0.717) is 13.0 Å². The van der Waals surface area contributed by atoms with E-state index in [4.69, 9.17) is 11.6 Å². The summed E-state index contributed by atoms with van der Waals surface area (Å²) < 4.78 is 27.7. The van der Waals surface area contributed by atoms with Crippen LogP contribution in [0.4, 0.5) is 8.78 Å². The van der Waals surface area contributed by atoms with Gasteiger partial charge in [-0.25, -0.2) is 8.78 Å². The molecule has 1 aromatic carbocycles. The minimum Gasteiger partial charge on any atom is -0.310 e. The van der Waals surface area contributed by atoms with Gasteiger partial charge in [0.25, 0.3) is 0 Å². The molecule has 0 fully saturated rings. The van der Waals surface area contributed by atoms with E-state index < -0.39 is 11.6 Å². The van der Waals surface area contributed by atoms with Crippen LogP contribution in [0.2, 0.25) is 5.02 Å². The minimum absolute atomic E-state index is 0.208. The van der Waals surface area contributed by atoms with Gasteiger partial charge < -0.3 is 5.32 Å². The molecule has 1 unspecified atom stereocenters. The van der Waals surface area contributed by atoms with Gasteiger partial charge in [-0.2, -0.15) is 0 Å². The van der Waals surface area contributed by atoms with Crippen molar-refractivity contribution in [3.05, 3.63) is 63.9 Å². The first-order valence-corrected chi connectivity index (χ1v) is 7.19. The van der Waals surface area contributed by atoms with Crippen LogP contribution in [0.25, 0.3) is 0 Å². The van der Waals surface area contributed by atoms with Crippen molar-refractivity contribution >= 4 is 11.6 Å². The van der Waals surface area contributed by atoms with Crippen molar-refractivity contribution in [1.82, 2.24) is 10.3 Å². The third-order valence-electron chi connectivity index (χ3n) is 3.38. The lowest BCUT2D eigenvalue weighted by atomic mass is 9.99. The summed E-state index contributed by atoms with van der Waals surface area (Å²) in [5.74, 6) is -1.13. The molecule has 2 aromatic rings. The number of aryl methyl sites for hydroxylation is 1. The van der Waals surface area contributed by atoms with Crippen molar-refractivity contribution in [2.45, 2.75) is 26.3 Å². The van der Waals surface area contributed by atoms with E-state index in [1.165, 1.54) is 0 Å². The normalized spacial score (nSPS) is 12.4. The van der Waals surface area contributed by atoms with Gasteiger partial charge in [0.2, 0.25) is 0 Å². The van der Waals surface area contributed by atoms with Crippen LogP contribution in [0, 0.1) is 18.6 Å². The molecule has 1 N–H and O–H groups in total. The summed E-state index contributed by atoms with van der Waals surface area (Å²) in [7, 11) is 0. The molecule has 1 heterocycles. The summed E-state index contributed by atoms with van der Waals surface area (Å²) in [5, 5.41) is 2.96. The number of pyridine rings is 1. The van der Waals surface area contributed by atoms with Gasteiger partial charge in [0.15, 0.2) is 0 Å². The van der Waals surface area contributed by atoms with Crippen molar-refractivity contribution in [1.29, 1.82) is 0 Å². The summed E-state index contributed by atoms with van der Waals surface area (Å²) in [6.07, 6.45) is 2.18. The number of hydrogen-bond acceptors (Lipinski definition) is 2. The van der Waals surface area contributed by atoms with Gasteiger partial charge in [0, 0.05) is 29.9 Å². The fourth-order valence-corrected chi connectivity index (χ4v) is 2.42. The standard InChI is InChI=1S/C16H17ClF2N2/c1-3-20-16(9-15-10(2)5-4-6-21-15)11-7-14(19)12(17)8-13(11)18/h4-8,16,20H,3,9H2,1-2H3. The molecule has 0 aliphatic rings. The highest BCUT2D eigenvalue weighted by Gasteiger charge is 2.19. The van der Waals surface area contributed by atoms with Crippen LogP contribution < -0.4 is 5.32 Å². The third-order valence-corrected chi connectivity index (χ3v) is 3.67. The Balaban J connectivity index is 2.35. The fourth-order valence-electron chi connectivity index (χ4n) is 2.27. The molecule has 0 spiro atoms.